The van der Waals surface area contributed by atoms with Gasteiger partial charge in [-0.25, -0.2) is 5.43 Å². The van der Waals surface area contributed by atoms with E-state index < -0.39 is 0 Å². The summed E-state index contributed by atoms with van der Waals surface area (Å²) in [6.07, 6.45) is 7.92. The summed E-state index contributed by atoms with van der Waals surface area (Å²) < 4.78 is 13.3. The minimum Gasteiger partial charge on any atom is -0.508 e. The molecule has 4 aromatic rings. The molecule has 0 fully saturated rings. The number of fused-ring (bicyclic) bond motifs is 1. The van der Waals surface area contributed by atoms with Crippen molar-refractivity contribution >= 4 is 23.8 Å². The number of aryl methyl sites for hydroxylation is 2. The Labute approximate surface area is 272 Å². The maximum atomic E-state index is 11.1. The van der Waals surface area contributed by atoms with E-state index in [0.29, 0.717) is 25.9 Å². The number of aromatic nitrogens is 2. The van der Waals surface area contributed by atoms with Gasteiger partial charge in [0.1, 0.15) is 5.75 Å². The van der Waals surface area contributed by atoms with E-state index in [1.165, 1.54) is 0 Å². The Hall–Kier alpha value is -4.21. The number of aromatic hydroxyl groups is 1. The van der Waals surface area contributed by atoms with E-state index in [1.807, 2.05) is 25.1 Å². The third kappa shape index (κ3) is 8.53. The van der Waals surface area contributed by atoms with Crippen LogP contribution in [0.1, 0.15) is 76.3 Å². The van der Waals surface area contributed by atoms with Gasteiger partial charge in [-0.2, -0.15) is 0 Å². The molecule has 2 aromatic carbocycles. The Morgan fingerprint density at radius 3 is 2.59 bits per heavy atom. The fourth-order valence-corrected chi connectivity index (χ4v) is 6.26. The lowest BCUT2D eigenvalue weighted by Gasteiger charge is -2.25. The zero-order valence-electron chi connectivity index (χ0n) is 27.8. The second-order valence-electron chi connectivity index (χ2n) is 12.6. The second-order valence-corrected chi connectivity index (χ2v) is 12.6. The van der Waals surface area contributed by atoms with Gasteiger partial charge in [0.05, 0.1) is 24.1 Å². The van der Waals surface area contributed by atoms with E-state index in [2.05, 4.69) is 66.5 Å². The highest BCUT2D eigenvalue weighted by Crippen LogP contribution is 2.42. The molecule has 2 heterocycles. The summed E-state index contributed by atoms with van der Waals surface area (Å²) in [5.74, 6) is 0.254. The van der Waals surface area contributed by atoms with Crippen molar-refractivity contribution in [3.63, 3.8) is 0 Å². The molecule has 46 heavy (non-hydrogen) atoms. The summed E-state index contributed by atoms with van der Waals surface area (Å²) in [6.45, 7) is 10.7. The Balaban J connectivity index is 1.76. The number of amides is 1. The number of carbonyl (C=O) groups is 2. The summed E-state index contributed by atoms with van der Waals surface area (Å²) in [5, 5.41) is 11.8. The fourth-order valence-electron chi connectivity index (χ4n) is 6.26. The Bertz CT molecular complexity index is 1610. The van der Waals surface area contributed by atoms with Crippen molar-refractivity contribution in [2.24, 2.45) is 5.41 Å². The lowest BCUT2D eigenvalue weighted by Crippen LogP contribution is -2.30. The van der Waals surface area contributed by atoms with Gasteiger partial charge in [-0.05, 0) is 98.2 Å². The monoisotopic (exact) mass is 628 g/mol. The molecule has 0 aliphatic carbocycles. The highest BCUT2D eigenvalue weighted by Gasteiger charge is 2.28. The molecule has 0 aliphatic rings. The molecule has 246 valence electrons. The number of unbranched alkanes of at least 4 members (excludes halogenated alkanes) is 3. The molecule has 0 bridgehead atoms. The number of hydrazine groups is 1. The Morgan fingerprint density at radius 2 is 1.85 bits per heavy atom. The lowest BCUT2D eigenvalue weighted by molar-refractivity contribution is -0.131. The standard InChI is InChI=1S/C37H48N4O5/c1-6-41-34-15-14-28(29-18-27(19-30(44)20-29)12-9-7-8-10-17-39-40-24-42)21-32(34)33(22-37(3,4)23-46-25-43)36(41)31-13-11-16-38-35(31)26(2)45-5/h11,13-16,18-21,24-26,39,44H,6-10,12,17,22-23H2,1-5H3,(H,40,42). The summed E-state index contributed by atoms with van der Waals surface area (Å²) in [7, 11) is 1.70. The molecule has 3 N–H and O–H groups in total. The zero-order valence-corrected chi connectivity index (χ0v) is 27.8. The number of rotatable bonds is 19. The van der Waals surface area contributed by atoms with Crippen LogP contribution in [0.2, 0.25) is 0 Å². The van der Waals surface area contributed by atoms with Crippen LogP contribution in [0.4, 0.5) is 0 Å². The van der Waals surface area contributed by atoms with Gasteiger partial charge in [-0.1, -0.05) is 38.8 Å². The van der Waals surface area contributed by atoms with Crippen LogP contribution in [0.25, 0.3) is 33.3 Å². The molecule has 0 saturated carbocycles. The van der Waals surface area contributed by atoms with Crippen LogP contribution in [0.3, 0.4) is 0 Å². The predicted molar refractivity (Wildman–Crippen MR) is 182 cm³/mol. The predicted octanol–water partition coefficient (Wildman–Crippen LogP) is 6.90. The first-order chi connectivity index (χ1) is 22.2. The number of hydrogen-bond acceptors (Lipinski definition) is 7. The number of pyridine rings is 1. The van der Waals surface area contributed by atoms with Crippen molar-refractivity contribution in [3.05, 3.63) is 71.5 Å². The number of ether oxygens (including phenoxy) is 2. The van der Waals surface area contributed by atoms with Crippen molar-refractivity contribution in [2.75, 3.05) is 20.3 Å². The molecule has 1 unspecified atom stereocenters. The zero-order chi connectivity index (χ0) is 33.1. The molecule has 0 spiro atoms. The van der Waals surface area contributed by atoms with Crippen LogP contribution in [-0.4, -0.2) is 47.8 Å². The smallest absolute Gasteiger partial charge is 0.293 e. The van der Waals surface area contributed by atoms with E-state index >= 15 is 0 Å². The van der Waals surface area contributed by atoms with Crippen molar-refractivity contribution in [2.45, 2.75) is 78.9 Å². The summed E-state index contributed by atoms with van der Waals surface area (Å²) in [6, 6.07) is 16.5. The van der Waals surface area contributed by atoms with Crippen LogP contribution in [0.5, 0.6) is 5.75 Å². The number of methoxy groups -OCH3 is 1. The van der Waals surface area contributed by atoms with E-state index in [0.717, 1.165) is 95.3 Å². The van der Waals surface area contributed by atoms with Crippen LogP contribution in [-0.2, 0) is 38.4 Å². The third-order valence-electron chi connectivity index (χ3n) is 8.50. The number of nitrogens with one attached hydrogen (secondary N) is 2. The molecular formula is C37H48N4O5. The number of nitrogens with zero attached hydrogens (tertiary/aromatic N) is 2. The molecule has 4 rings (SSSR count). The maximum Gasteiger partial charge on any atom is 0.293 e. The first-order valence-corrected chi connectivity index (χ1v) is 16.2. The third-order valence-corrected chi connectivity index (χ3v) is 8.50. The first-order valence-electron chi connectivity index (χ1n) is 16.2. The molecule has 0 aliphatic heterocycles. The molecular weight excluding hydrogens is 580 g/mol. The number of phenols is 1. The molecule has 0 radical (unpaired) electrons. The number of benzene rings is 2. The van der Waals surface area contributed by atoms with E-state index in [1.54, 1.807) is 13.3 Å². The summed E-state index contributed by atoms with van der Waals surface area (Å²) in [5.41, 5.74) is 13.4. The maximum absolute atomic E-state index is 11.1. The van der Waals surface area contributed by atoms with Crippen molar-refractivity contribution in [3.8, 4) is 28.1 Å². The van der Waals surface area contributed by atoms with Gasteiger partial charge in [0, 0.05) is 48.3 Å². The van der Waals surface area contributed by atoms with Gasteiger partial charge in [-0.15, -0.1) is 0 Å². The van der Waals surface area contributed by atoms with Crippen molar-refractivity contribution in [1.82, 2.24) is 20.4 Å². The van der Waals surface area contributed by atoms with Crippen LogP contribution in [0, 0.1) is 5.41 Å². The SMILES string of the molecule is CCn1c(-c2cccnc2C(C)OC)c(CC(C)(C)COC=O)c2cc(-c3cc(O)cc(CCCCCCNNC=O)c3)ccc21. The topological polar surface area (TPSA) is 115 Å². The second kappa shape index (κ2) is 16.4. The van der Waals surface area contributed by atoms with Crippen molar-refractivity contribution < 1.29 is 24.2 Å². The van der Waals surface area contributed by atoms with Crippen LogP contribution < -0.4 is 10.9 Å². The molecule has 2 aromatic heterocycles. The van der Waals surface area contributed by atoms with Gasteiger partial charge >= 0.3 is 0 Å². The quantitative estimate of drug-likeness (QED) is 0.0588. The molecule has 9 nitrogen and oxygen atoms in total. The molecule has 0 saturated heterocycles. The molecule has 9 heteroatoms. The number of hydrogen-bond donors (Lipinski definition) is 3. The molecule has 1 atom stereocenters. The minimum absolute atomic E-state index is 0.198. The number of phenolic OH excluding ortho intramolecular Hbond substituents is 1. The average Bonchev–Trinajstić information content (AvgIpc) is 3.35. The highest BCUT2D eigenvalue weighted by molar-refractivity contribution is 5.95. The first kappa shape index (κ1) is 34.7. The fraction of sp³-hybridized carbons (Fsp3) is 0.432. The summed E-state index contributed by atoms with van der Waals surface area (Å²) in [4.78, 5) is 26.2. The summed E-state index contributed by atoms with van der Waals surface area (Å²) >= 11 is 0. The normalized spacial score (nSPS) is 12.3. The van der Waals surface area contributed by atoms with Gasteiger partial charge in [0.2, 0.25) is 6.41 Å². The lowest BCUT2D eigenvalue weighted by atomic mass is 9.84. The van der Waals surface area contributed by atoms with Gasteiger partial charge in [-0.3, -0.25) is 20.0 Å². The highest BCUT2D eigenvalue weighted by atomic mass is 16.5. The van der Waals surface area contributed by atoms with Gasteiger partial charge < -0.3 is 19.1 Å². The Kier molecular flexibility index (Phi) is 12.3. The van der Waals surface area contributed by atoms with E-state index in [4.69, 9.17) is 14.5 Å². The largest absolute Gasteiger partial charge is 0.508 e. The van der Waals surface area contributed by atoms with Crippen LogP contribution >= 0.6 is 0 Å². The van der Waals surface area contributed by atoms with Crippen molar-refractivity contribution in [1.29, 1.82) is 0 Å². The van der Waals surface area contributed by atoms with E-state index in [9.17, 15) is 14.7 Å². The average molecular weight is 629 g/mol. The minimum atomic E-state index is -0.326. The molecule has 1 amide bonds. The van der Waals surface area contributed by atoms with Crippen LogP contribution in [0.15, 0.2) is 54.7 Å². The van der Waals surface area contributed by atoms with Gasteiger partial charge in [0.15, 0.2) is 0 Å². The Morgan fingerprint density at radius 1 is 1.04 bits per heavy atom. The number of carbonyl (C=O) groups excluding carboxylic acids is 2. The van der Waals surface area contributed by atoms with Gasteiger partial charge in [0.25, 0.3) is 6.47 Å². The van der Waals surface area contributed by atoms with E-state index in [-0.39, 0.29) is 17.3 Å².